The number of nitriles is 1. The van der Waals surface area contributed by atoms with E-state index in [0.29, 0.717) is 27.8 Å². The number of thioether (sulfide) groups is 1. The van der Waals surface area contributed by atoms with Crippen molar-refractivity contribution in [3.63, 3.8) is 0 Å². The first-order chi connectivity index (χ1) is 12.2. The molecule has 0 aliphatic rings. The van der Waals surface area contributed by atoms with Crippen molar-refractivity contribution in [1.29, 1.82) is 5.26 Å². The number of nitrogens with one attached hydrogen (secondary N) is 2. The van der Waals surface area contributed by atoms with E-state index in [1.165, 1.54) is 11.8 Å². The van der Waals surface area contributed by atoms with Crippen LogP contribution in [-0.2, 0) is 4.79 Å². The van der Waals surface area contributed by atoms with Crippen LogP contribution >= 0.6 is 11.8 Å². The lowest BCUT2D eigenvalue weighted by Gasteiger charge is -2.04. The molecular weight excluding hydrogens is 338 g/mol. The molecule has 0 fully saturated rings. The summed E-state index contributed by atoms with van der Waals surface area (Å²) in [7, 11) is 0. The van der Waals surface area contributed by atoms with Crippen LogP contribution in [0.3, 0.4) is 0 Å². The predicted molar refractivity (Wildman–Crippen MR) is 94.0 cm³/mol. The number of aromatic nitrogens is 3. The molecule has 0 unspecified atom stereocenters. The molecule has 0 radical (unpaired) electrons. The van der Waals surface area contributed by atoms with Gasteiger partial charge in [0.15, 0.2) is 5.82 Å². The second-order valence-corrected chi connectivity index (χ2v) is 5.96. The maximum Gasteiger partial charge on any atom is 0.234 e. The standard InChI is InChI=1S/C17H13N5O2S/c18-9-11-4-3-5-12(8-11)19-15(24)10-25-17-20-16(21-22-17)13-6-1-2-7-14(13)23/h1-8,23H,10H2,(H,19,24)(H,20,21,22). The second kappa shape index (κ2) is 7.51. The number of anilines is 1. The van der Waals surface area contributed by atoms with E-state index in [-0.39, 0.29) is 17.4 Å². The number of hydrogen-bond donors (Lipinski definition) is 3. The Hall–Kier alpha value is -3.31. The van der Waals surface area contributed by atoms with Crippen LogP contribution in [0.2, 0.25) is 0 Å². The second-order valence-electron chi connectivity index (χ2n) is 5.01. The Morgan fingerprint density at radius 1 is 1.28 bits per heavy atom. The van der Waals surface area contributed by atoms with E-state index < -0.39 is 0 Å². The number of phenolic OH excluding ortho intramolecular Hbond substituents is 1. The lowest BCUT2D eigenvalue weighted by atomic mass is 10.2. The van der Waals surface area contributed by atoms with Crippen molar-refractivity contribution in [3.05, 3.63) is 54.1 Å². The summed E-state index contributed by atoms with van der Waals surface area (Å²) in [5.41, 5.74) is 1.58. The fourth-order valence-corrected chi connectivity index (χ4v) is 2.70. The van der Waals surface area contributed by atoms with Gasteiger partial charge in [-0.05, 0) is 30.3 Å². The lowest BCUT2D eigenvalue weighted by Crippen LogP contribution is -2.14. The van der Waals surface area contributed by atoms with Gasteiger partial charge in [0.25, 0.3) is 0 Å². The number of aromatic amines is 1. The van der Waals surface area contributed by atoms with Crippen molar-refractivity contribution >= 4 is 23.4 Å². The number of carbonyl (C=O) groups excluding carboxylic acids is 1. The molecular formula is C17H13N5O2S. The Morgan fingerprint density at radius 2 is 2.12 bits per heavy atom. The van der Waals surface area contributed by atoms with E-state index in [0.717, 1.165) is 0 Å². The molecule has 8 heteroatoms. The third-order valence-corrected chi connectivity index (χ3v) is 4.08. The molecule has 0 bridgehead atoms. The molecule has 2 aromatic carbocycles. The third-order valence-electron chi connectivity index (χ3n) is 3.23. The first kappa shape index (κ1) is 16.5. The Kier molecular flexibility index (Phi) is 4.97. The summed E-state index contributed by atoms with van der Waals surface area (Å²) in [6.07, 6.45) is 0. The number of phenols is 1. The molecule has 0 atom stereocenters. The summed E-state index contributed by atoms with van der Waals surface area (Å²) < 4.78 is 0. The maximum atomic E-state index is 12.0. The Balaban J connectivity index is 1.60. The van der Waals surface area contributed by atoms with Crippen molar-refractivity contribution < 1.29 is 9.90 Å². The minimum absolute atomic E-state index is 0.102. The van der Waals surface area contributed by atoms with Crippen LogP contribution in [0, 0.1) is 11.3 Å². The zero-order chi connectivity index (χ0) is 17.6. The van der Waals surface area contributed by atoms with Crippen molar-refractivity contribution in [3.8, 4) is 23.2 Å². The molecule has 3 N–H and O–H groups in total. The highest BCUT2D eigenvalue weighted by Crippen LogP contribution is 2.26. The highest BCUT2D eigenvalue weighted by molar-refractivity contribution is 7.99. The fourth-order valence-electron chi connectivity index (χ4n) is 2.10. The average molecular weight is 351 g/mol. The van der Waals surface area contributed by atoms with Gasteiger partial charge in [0.05, 0.1) is 22.9 Å². The van der Waals surface area contributed by atoms with Gasteiger partial charge in [-0.3, -0.25) is 9.89 Å². The summed E-state index contributed by atoms with van der Waals surface area (Å²) in [6, 6.07) is 15.5. The van der Waals surface area contributed by atoms with Gasteiger partial charge in [-0.15, -0.1) is 5.10 Å². The number of nitrogens with zero attached hydrogens (tertiary/aromatic N) is 3. The molecule has 0 spiro atoms. The van der Waals surface area contributed by atoms with E-state index in [1.54, 1.807) is 48.5 Å². The van der Waals surface area contributed by atoms with E-state index in [9.17, 15) is 9.90 Å². The molecule has 1 aromatic heterocycles. The van der Waals surface area contributed by atoms with Gasteiger partial charge >= 0.3 is 0 Å². The zero-order valence-electron chi connectivity index (χ0n) is 12.9. The van der Waals surface area contributed by atoms with Gasteiger partial charge in [0.2, 0.25) is 11.1 Å². The van der Waals surface area contributed by atoms with Gasteiger partial charge in [-0.2, -0.15) is 5.26 Å². The van der Waals surface area contributed by atoms with Crippen molar-refractivity contribution in [2.75, 3.05) is 11.1 Å². The van der Waals surface area contributed by atoms with Gasteiger partial charge in [-0.25, -0.2) is 4.98 Å². The van der Waals surface area contributed by atoms with Crippen molar-refractivity contribution in [1.82, 2.24) is 15.2 Å². The number of para-hydroxylation sites is 1. The van der Waals surface area contributed by atoms with Crippen LogP contribution < -0.4 is 5.32 Å². The number of benzene rings is 2. The van der Waals surface area contributed by atoms with Crippen LogP contribution in [0.5, 0.6) is 5.75 Å². The van der Waals surface area contributed by atoms with Gasteiger partial charge in [0, 0.05) is 5.69 Å². The molecule has 124 valence electrons. The number of aromatic hydroxyl groups is 1. The highest BCUT2D eigenvalue weighted by atomic mass is 32.2. The molecule has 0 saturated heterocycles. The number of hydrogen-bond acceptors (Lipinski definition) is 6. The van der Waals surface area contributed by atoms with Gasteiger partial charge in [0.1, 0.15) is 5.75 Å². The number of H-pyrrole nitrogens is 1. The fraction of sp³-hybridized carbons (Fsp3) is 0.0588. The van der Waals surface area contributed by atoms with Crippen molar-refractivity contribution in [2.24, 2.45) is 0 Å². The molecule has 3 rings (SSSR count). The van der Waals surface area contributed by atoms with E-state index >= 15 is 0 Å². The average Bonchev–Trinajstić information content (AvgIpc) is 3.09. The molecule has 1 heterocycles. The topological polar surface area (TPSA) is 115 Å². The Morgan fingerprint density at radius 3 is 2.92 bits per heavy atom. The smallest absolute Gasteiger partial charge is 0.234 e. The number of carbonyl (C=O) groups is 1. The minimum Gasteiger partial charge on any atom is -0.507 e. The Labute approximate surface area is 147 Å². The van der Waals surface area contributed by atoms with Crippen LogP contribution in [0.15, 0.2) is 53.7 Å². The molecule has 0 saturated carbocycles. The Bertz CT molecular complexity index is 948. The number of amides is 1. The summed E-state index contributed by atoms with van der Waals surface area (Å²) in [5.74, 6) is 0.427. The van der Waals surface area contributed by atoms with E-state index in [4.69, 9.17) is 5.26 Å². The zero-order valence-corrected chi connectivity index (χ0v) is 13.7. The highest BCUT2D eigenvalue weighted by Gasteiger charge is 2.11. The molecule has 0 aliphatic heterocycles. The van der Waals surface area contributed by atoms with Crippen LogP contribution in [0.4, 0.5) is 5.69 Å². The first-order valence-electron chi connectivity index (χ1n) is 7.29. The monoisotopic (exact) mass is 351 g/mol. The summed E-state index contributed by atoms with van der Waals surface area (Å²) in [5, 5.41) is 28.6. The van der Waals surface area contributed by atoms with E-state index in [1.807, 2.05) is 6.07 Å². The summed E-state index contributed by atoms with van der Waals surface area (Å²) in [4.78, 5) is 16.3. The van der Waals surface area contributed by atoms with Crippen LogP contribution in [0.1, 0.15) is 5.56 Å². The molecule has 25 heavy (non-hydrogen) atoms. The molecule has 3 aromatic rings. The van der Waals surface area contributed by atoms with E-state index in [2.05, 4.69) is 20.5 Å². The molecule has 7 nitrogen and oxygen atoms in total. The van der Waals surface area contributed by atoms with Crippen molar-refractivity contribution in [2.45, 2.75) is 5.16 Å². The normalized spacial score (nSPS) is 10.2. The quantitative estimate of drug-likeness (QED) is 0.609. The van der Waals surface area contributed by atoms with Crippen LogP contribution in [0.25, 0.3) is 11.4 Å². The first-order valence-corrected chi connectivity index (χ1v) is 8.28. The summed E-state index contributed by atoms with van der Waals surface area (Å²) in [6.45, 7) is 0. The third kappa shape index (κ3) is 4.16. The van der Waals surface area contributed by atoms with Gasteiger partial charge < -0.3 is 10.4 Å². The SMILES string of the molecule is N#Cc1cccc(NC(=O)CSc2n[nH]c(-c3ccccc3O)n2)c1. The largest absolute Gasteiger partial charge is 0.507 e. The minimum atomic E-state index is -0.228. The molecule has 0 aliphatic carbocycles. The van der Waals surface area contributed by atoms with Gasteiger partial charge in [-0.1, -0.05) is 30.0 Å². The number of rotatable bonds is 5. The molecule has 1 amide bonds. The van der Waals surface area contributed by atoms with Crippen LogP contribution in [-0.4, -0.2) is 31.9 Å². The predicted octanol–water partition coefficient (Wildman–Crippen LogP) is 2.78. The maximum absolute atomic E-state index is 12.0. The lowest BCUT2D eigenvalue weighted by molar-refractivity contribution is -0.113. The summed E-state index contributed by atoms with van der Waals surface area (Å²) >= 11 is 1.17.